The van der Waals surface area contributed by atoms with Gasteiger partial charge < -0.3 is 5.32 Å². The first-order chi connectivity index (χ1) is 8.33. The number of hydrogen-bond acceptors (Lipinski definition) is 2. The maximum absolute atomic E-state index is 3.74. The maximum Gasteiger partial charge on any atom is 0.0353 e. The van der Waals surface area contributed by atoms with Gasteiger partial charge in [0.05, 0.1) is 0 Å². The Morgan fingerprint density at radius 1 is 1.29 bits per heavy atom. The highest BCUT2D eigenvalue weighted by molar-refractivity contribution is 7.98. The fourth-order valence-electron chi connectivity index (χ4n) is 2.81. The summed E-state index contributed by atoms with van der Waals surface area (Å²) in [6, 6.07) is 9.48. The van der Waals surface area contributed by atoms with Crippen LogP contribution in [-0.4, -0.2) is 12.3 Å². The van der Waals surface area contributed by atoms with Gasteiger partial charge in [0.2, 0.25) is 0 Å². The molecule has 2 atom stereocenters. The van der Waals surface area contributed by atoms with E-state index in [0.717, 1.165) is 5.92 Å². The zero-order valence-electron chi connectivity index (χ0n) is 10.9. The third kappa shape index (κ3) is 3.41. The smallest absolute Gasteiger partial charge is 0.0353 e. The first kappa shape index (κ1) is 12.8. The van der Waals surface area contributed by atoms with Gasteiger partial charge in [-0.05, 0) is 43.2 Å². The highest BCUT2D eigenvalue weighted by Crippen LogP contribution is 2.30. The molecular formula is C15H23NS. The van der Waals surface area contributed by atoms with Crippen molar-refractivity contribution in [3.63, 3.8) is 0 Å². The summed E-state index contributed by atoms with van der Waals surface area (Å²) in [6.45, 7) is 2.32. The minimum absolute atomic E-state index is 0.686. The Bertz CT molecular complexity index is 351. The number of anilines is 1. The van der Waals surface area contributed by atoms with Crippen molar-refractivity contribution in [2.75, 3.05) is 11.6 Å². The summed E-state index contributed by atoms with van der Waals surface area (Å²) in [5.41, 5.74) is 1.29. The van der Waals surface area contributed by atoms with Gasteiger partial charge in [-0.3, -0.25) is 0 Å². The fraction of sp³-hybridized carbons (Fsp3) is 0.600. The second-order valence-corrected chi connectivity index (χ2v) is 5.82. The molecule has 1 aromatic rings. The van der Waals surface area contributed by atoms with Gasteiger partial charge in [-0.2, -0.15) is 0 Å². The highest BCUT2D eigenvalue weighted by atomic mass is 32.2. The van der Waals surface area contributed by atoms with Gasteiger partial charge in [0, 0.05) is 16.6 Å². The van der Waals surface area contributed by atoms with Crippen LogP contribution in [0.3, 0.4) is 0 Å². The van der Waals surface area contributed by atoms with Gasteiger partial charge in [-0.1, -0.05) is 32.3 Å². The molecule has 0 saturated heterocycles. The summed E-state index contributed by atoms with van der Waals surface area (Å²) >= 11 is 1.81. The van der Waals surface area contributed by atoms with Crippen LogP contribution in [0.25, 0.3) is 0 Å². The lowest BCUT2D eigenvalue weighted by molar-refractivity contribution is 0.317. The van der Waals surface area contributed by atoms with Crippen LogP contribution < -0.4 is 5.32 Å². The molecule has 1 fully saturated rings. The van der Waals surface area contributed by atoms with Crippen molar-refractivity contribution in [2.24, 2.45) is 5.92 Å². The van der Waals surface area contributed by atoms with E-state index in [2.05, 4.69) is 42.8 Å². The molecule has 0 aromatic heterocycles. The third-order valence-electron chi connectivity index (χ3n) is 3.86. The Labute approximate surface area is 109 Å². The van der Waals surface area contributed by atoms with Crippen molar-refractivity contribution in [2.45, 2.75) is 50.0 Å². The molecule has 1 aliphatic carbocycles. The molecule has 0 amide bonds. The molecule has 1 aromatic carbocycles. The van der Waals surface area contributed by atoms with Crippen molar-refractivity contribution in [3.8, 4) is 0 Å². The quantitative estimate of drug-likeness (QED) is 0.770. The van der Waals surface area contributed by atoms with Crippen LogP contribution >= 0.6 is 11.8 Å². The van der Waals surface area contributed by atoms with E-state index in [4.69, 9.17) is 0 Å². The molecule has 0 aliphatic heterocycles. The second-order valence-electron chi connectivity index (χ2n) is 4.94. The average molecular weight is 249 g/mol. The van der Waals surface area contributed by atoms with Gasteiger partial charge in [0.1, 0.15) is 0 Å². The van der Waals surface area contributed by atoms with Crippen molar-refractivity contribution in [1.29, 1.82) is 0 Å². The predicted octanol–water partition coefficient (Wildman–Crippen LogP) is 4.79. The minimum atomic E-state index is 0.686. The van der Waals surface area contributed by atoms with Crippen LogP contribution in [0.5, 0.6) is 0 Å². The van der Waals surface area contributed by atoms with E-state index in [9.17, 15) is 0 Å². The van der Waals surface area contributed by atoms with Crippen LogP contribution in [0.1, 0.15) is 39.0 Å². The lowest BCUT2D eigenvalue weighted by Crippen LogP contribution is -2.31. The number of hydrogen-bond donors (Lipinski definition) is 1. The Morgan fingerprint density at radius 3 is 2.88 bits per heavy atom. The molecule has 1 saturated carbocycles. The van der Waals surface area contributed by atoms with Gasteiger partial charge in [0.25, 0.3) is 0 Å². The van der Waals surface area contributed by atoms with Crippen LogP contribution in [0.2, 0.25) is 0 Å². The topological polar surface area (TPSA) is 12.0 Å². The molecular weight excluding hydrogens is 226 g/mol. The molecule has 0 heterocycles. The average Bonchev–Trinajstić information content (AvgIpc) is 2.39. The normalized spacial score (nSPS) is 24.6. The summed E-state index contributed by atoms with van der Waals surface area (Å²) in [7, 11) is 0. The molecule has 2 rings (SSSR count). The Kier molecular flexibility index (Phi) is 4.78. The third-order valence-corrected chi connectivity index (χ3v) is 4.58. The van der Waals surface area contributed by atoms with Gasteiger partial charge in [-0.25, -0.2) is 0 Å². The summed E-state index contributed by atoms with van der Waals surface area (Å²) < 4.78 is 0. The lowest BCUT2D eigenvalue weighted by atomic mass is 9.83. The standard InChI is InChI=1S/C15H23NS/c1-3-12-7-4-5-10-15(12)16-13-8-6-9-14(11-13)17-2/h6,8-9,11-12,15-16H,3-5,7,10H2,1-2H3. The van der Waals surface area contributed by atoms with E-state index in [0.29, 0.717) is 6.04 Å². The number of rotatable bonds is 4. The molecule has 17 heavy (non-hydrogen) atoms. The number of thioether (sulfide) groups is 1. The second kappa shape index (κ2) is 6.34. The van der Waals surface area contributed by atoms with Crippen molar-refractivity contribution >= 4 is 17.4 Å². The van der Waals surface area contributed by atoms with Gasteiger partial charge >= 0.3 is 0 Å². The first-order valence-corrected chi connectivity index (χ1v) is 7.96. The summed E-state index contributed by atoms with van der Waals surface area (Å²) in [5.74, 6) is 0.863. The largest absolute Gasteiger partial charge is 0.382 e. The summed E-state index contributed by atoms with van der Waals surface area (Å²) in [5, 5.41) is 3.74. The molecule has 1 N–H and O–H groups in total. The number of nitrogens with one attached hydrogen (secondary N) is 1. The van der Waals surface area contributed by atoms with Gasteiger partial charge in [0.15, 0.2) is 0 Å². The number of benzene rings is 1. The Hall–Kier alpha value is -0.630. The Morgan fingerprint density at radius 2 is 2.12 bits per heavy atom. The first-order valence-electron chi connectivity index (χ1n) is 6.74. The molecule has 0 radical (unpaired) electrons. The maximum atomic E-state index is 3.74. The van der Waals surface area contributed by atoms with Crippen LogP contribution in [0.15, 0.2) is 29.2 Å². The molecule has 0 spiro atoms. The molecule has 94 valence electrons. The lowest BCUT2D eigenvalue weighted by Gasteiger charge is -2.32. The van der Waals surface area contributed by atoms with Crippen molar-refractivity contribution < 1.29 is 0 Å². The zero-order chi connectivity index (χ0) is 12.1. The van der Waals surface area contributed by atoms with Crippen molar-refractivity contribution in [3.05, 3.63) is 24.3 Å². The van der Waals surface area contributed by atoms with E-state index < -0.39 is 0 Å². The molecule has 1 aliphatic rings. The predicted molar refractivity (Wildman–Crippen MR) is 77.9 cm³/mol. The SMILES string of the molecule is CCC1CCCCC1Nc1cccc(SC)c1. The highest BCUT2D eigenvalue weighted by Gasteiger charge is 2.23. The van der Waals surface area contributed by atoms with E-state index in [1.54, 1.807) is 0 Å². The molecule has 2 heteroatoms. The van der Waals surface area contributed by atoms with Crippen LogP contribution in [0.4, 0.5) is 5.69 Å². The molecule has 1 nitrogen and oxygen atoms in total. The monoisotopic (exact) mass is 249 g/mol. The van der Waals surface area contributed by atoms with E-state index in [1.165, 1.54) is 42.7 Å². The Balaban J connectivity index is 2.02. The van der Waals surface area contributed by atoms with E-state index in [1.807, 2.05) is 11.8 Å². The van der Waals surface area contributed by atoms with Crippen molar-refractivity contribution in [1.82, 2.24) is 0 Å². The van der Waals surface area contributed by atoms with Crippen LogP contribution in [-0.2, 0) is 0 Å². The van der Waals surface area contributed by atoms with E-state index in [-0.39, 0.29) is 0 Å². The fourth-order valence-corrected chi connectivity index (χ4v) is 3.27. The summed E-state index contributed by atoms with van der Waals surface area (Å²) in [6.07, 6.45) is 8.98. The minimum Gasteiger partial charge on any atom is -0.382 e. The van der Waals surface area contributed by atoms with Gasteiger partial charge in [-0.15, -0.1) is 11.8 Å². The molecule has 0 bridgehead atoms. The summed E-state index contributed by atoms with van der Waals surface area (Å²) in [4.78, 5) is 1.35. The van der Waals surface area contributed by atoms with Crippen LogP contribution in [0, 0.1) is 5.92 Å². The zero-order valence-corrected chi connectivity index (χ0v) is 11.7. The molecule has 2 unspecified atom stereocenters. The van der Waals surface area contributed by atoms with E-state index >= 15 is 0 Å².